The molecule has 1 aromatic rings. The zero-order valence-corrected chi connectivity index (χ0v) is 14.0. The molecule has 0 unspecified atom stereocenters. The molecule has 0 N–H and O–H groups in total. The van der Waals surface area contributed by atoms with Crippen molar-refractivity contribution < 1.29 is 0 Å². The van der Waals surface area contributed by atoms with Crippen LogP contribution in [-0.2, 0) is 0 Å². The van der Waals surface area contributed by atoms with E-state index in [0.717, 1.165) is 0 Å². The highest BCUT2D eigenvalue weighted by Crippen LogP contribution is 2.19. The molecule has 0 amide bonds. The molecule has 1 radical (unpaired) electrons. The van der Waals surface area contributed by atoms with Gasteiger partial charge in [0.15, 0.2) is 0 Å². The zero-order valence-electron chi connectivity index (χ0n) is 9.46. The van der Waals surface area contributed by atoms with E-state index in [4.69, 9.17) is 0 Å². The molecule has 0 aliphatic rings. The molecule has 0 atom stereocenters. The van der Waals surface area contributed by atoms with E-state index in [1.165, 1.54) is 27.8 Å². The molecule has 0 saturated carbocycles. The van der Waals surface area contributed by atoms with Crippen LogP contribution in [0.25, 0.3) is 0 Å². The van der Waals surface area contributed by atoms with Gasteiger partial charge < -0.3 is 0 Å². The topological polar surface area (TPSA) is 0 Å². The number of aryl methyl sites for hydroxylation is 2. The van der Waals surface area contributed by atoms with E-state index in [1.807, 2.05) is 0 Å². The van der Waals surface area contributed by atoms with Crippen molar-refractivity contribution in [3.8, 4) is 0 Å². The molecule has 0 nitrogen and oxygen atoms in total. The summed E-state index contributed by atoms with van der Waals surface area (Å²) in [5, 5.41) is 0. The van der Waals surface area contributed by atoms with E-state index in [0.29, 0.717) is 0 Å². The van der Waals surface area contributed by atoms with Crippen LogP contribution in [0, 0.1) is 40.7 Å². The number of hydrogen-bond donors (Lipinski definition) is 0. The van der Waals surface area contributed by atoms with Crippen LogP contribution < -0.4 is 0 Å². The highest BCUT2D eigenvalue weighted by molar-refractivity contribution is 9.47. The Morgan fingerprint density at radius 1 is 0.786 bits per heavy atom. The SMILES string of the molecule is Cc1[c]c(C)c(C)c(C)c1C.[Br][Mg][Br]. The van der Waals surface area contributed by atoms with Crippen LogP contribution >= 0.6 is 25.8 Å². The van der Waals surface area contributed by atoms with Gasteiger partial charge in [0.05, 0.1) is 0 Å². The molecular weight excluding hydrogens is 316 g/mol. The molecule has 0 heterocycles. The molecule has 0 spiro atoms. The van der Waals surface area contributed by atoms with Crippen LogP contribution in [0.4, 0.5) is 0 Å². The van der Waals surface area contributed by atoms with Crippen molar-refractivity contribution in [2.75, 3.05) is 0 Å². The third-order valence-electron chi connectivity index (χ3n) is 2.62. The van der Waals surface area contributed by atoms with Crippen LogP contribution in [0.2, 0.25) is 0 Å². The van der Waals surface area contributed by atoms with Gasteiger partial charge in [0.2, 0.25) is 0 Å². The highest BCUT2D eigenvalue weighted by atomic mass is 79.9. The maximum atomic E-state index is 3.35. The third kappa shape index (κ3) is 4.21. The maximum Gasteiger partial charge on any atom is 0.560 e. The molecule has 14 heavy (non-hydrogen) atoms. The van der Waals surface area contributed by atoms with Gasteiger partial charge in [-0.15, -0.1) is 0 Å². The van der Waals surface area contributed by atoms with E-state index in [2.05, 4.69) is 66.5 Å². The molecular formula is C11H15Br2Mg. The summed E-state index contributed by atoms with van der Waals surface area (Å²) in [7, 11) is 0. The van der Waals surface area contributed by atoms with E-state index in [1.54, 1.807) is 0 Å². The van der Waals surface area contributed by atoms with Gasteiger partial charge in [-0.05, 0) is 68.5 Å². The van der Waals surface area contributed by atoms with Crippen LogP contribution in [-0.4, -0.2) is 16.0 Å². The first-order valence-electron chi connectivity index (χ1n) is 4.53. The summed E-state index contributed by atoms with van der Waals surface area (Å²) in [4.78, 5) is 0. The Balaban J connectivity index is 0.000000500. The van der Waals surface area contributed by atoms with E-state index < -0.39 is 0 Å². The predicted octanol–water partition coefficient (Wildman–Crippen LogP) is 4.34. The summed E-state index contributed by atoms with van der Waals surface area (Å²) in [5.41, 5.74) is 6.75. The lowest BCUT2D eigenvalue weighted by atomic mass is 9.96. The summed E-state index contributed by atoms with van der Waals surface area (Å²) in [6, 6.07) is 3.35. The predicted molar refractivity (Wildman–Crippen MR) is 72.6 cm³/mol. The highest BCUT2D eigenvalue weighted by Gasteiger charge is 2.02. The number of benzene rings is 1. The largest absolute Gasteiger partial charge is 0.560 e. The number of halogens is 2. The van der Waals surface area contributed by atoms with Crippen molar-refractivity contribution in [2.45, 2.75) is 34.6 Å². The van der Waals surface area contributed by atoms with Crippen molar-refractivity contribution in [1.82, 2.24) is 0 Å². The molecule has 0 aliphatic heterocycles. The quantitative estimate of drug-likeness (QED) is 0.621. The minimum Gasteiger partial charge on any atom is -0.280 e. The zero-order chi connectivity index (χ0) is 11.3. The third-order valence-corrected chi connectivity index (χ3v) is 2.62. The van der Waals surface area contributed by atoms with Gasteiger partial charge in [0.25, 0.3) is 0 Å². The maximum absolute atomic E-state index is 3.35. The lowest BCUT2D eigenvalue weighted by Crippen LogP contribution is -1.93. The summed E-state index contributed by atoms with van der Waals surface area (Å²) in [6.45, 7) is 10.7. The van der Waals surface area contributed by atoms with Crippen LogP contribution in [0.3, 0.4) is 0 Å². The summed E-state index contributed by atoms with van der Waals surface area (Å²) in [6.07, 6.45) is 0. The monoisotopic (exact) mass is 329 g/mol. The van der Waals surface area contributed by atoms with Crippen molar-refractivity contribution in [3.05, 3.63) is 33.9 Å². The molecule has 1 rings (SSSR count). The van der Waals surface area contributed by atoms with Gasteiger partial charge >= 0.3 is 16.0 Å². The molecule has 75 valence electrons. The van der Waals surface area contributed by atoms with Gasteiger partial charge in [-0.25, -0.2) is 0 Å². The van der Waals surface area contributed by atoms with E-state index in [-0.39, 0.29) is 16.0 Å². The van der Waals surface area contributed by atoms with E-state index >= 15 is 0 Å². The first kappa shape index (κ1) is 14.9. The molecule has 0 saturated heterocycles. The second-order valence-corrected chi connectivity index (χ2v) is 11.4. The Morgan fingerprint density at radius 2 is 1.07 bits per heavy atom. The number of hydrogen-bond acceptors (Lipinski definition) is 0. The average Bonchev–Trinajstić information content (AvgIpc) is 2.13. The standard InChI is InChI=1S/C11H15.2BrH.Mg/c1-7-6-8(2)10(4)11(5)9(7)3;;;/h1-5H3;2*1H;/q;;;+2/p-2. The molecule has 0 bridgehead atoms. The second-order valence-electron chi connectivity index (χ2n) is 3.35. The molecule has 0 aromatic heterocycles. The second kappa shape index (κ2) is 7.26. The van der Waals surface area contributed by atoms with Gasteiger partial charge in [-0.3, -0.25) is 25.8 Å². The van der Waals surface area contributed by atoms with Crippen molar-refractivity contribution in [3.63, 3.8) is 0 Å². The van der Waals surface area contributed by atoms with Crippen molar-refractivity contribution >= 4 is 41.8 Å². The number of rotatable bonds is 0. The first-order chi connectivity index (χ1) is 6.45. The Morgan fingerprint density at radius 3 is 1.36 bits per heavy atom. The first-order valence-corrected chi connectivity index (χ1v) is 12.3. The van der Waals surface area contributed by atoms with Gasteiger partial charge in [-0.1, -0.05) is 0 Å². The summed E-state index contributed by atoms with van der Waals surface area (Å²) >= 11 is 6.44. The van der Waals surface area contributed by atoms with Gasteiger partial charge in [0, 0.05) is 0 Å². The average molecular weight is 331 g/mol. The fraction of sp³-hybridized carbons (Fsp3) is 0.455. The normalized spacial score (nSPS) is 8.79. The molecule has 0 aliphatic carbocycles. The minimum absolute atomic E-state index is 0.0417. The van der Waals surface area contributed by atoms with Crippen LogP contribution in [0.1, 0.15) is 27.8 Å². The Labute approximate surface area is 109 Å². The lowest BCUT2D eigenvalue weighted by molar-refractivity contribution is 1.17. The Kier molecular flexibility index (Phi) is 7.75. The van der Waals surface area contributed by atoms with Gasteiger partial charge in [-0.2, -0.15) is 0 Å². The van der Waals surface area contributed by atoms with Crippen LogP contribution in [0.5, 0.6) is 0 Å². The smallest absolute Gasteiger partial charge is 0.280 e. The fourth-order valence-electron chi connectivity index (χ4n) is 1.31. The summed E-state index contributed by atoms with van der Waals surface area (Å²) < 4.78 is 0. The Hall–Kier alpha value is 0.946. The Bertz CT molecular complexity index is 282. The van der Waals surface area contributed by atoms with E-state index in [9.17, 15) is 0 Å². The van der Waals surface area contributed by atoms with Crippen LogP contribution in [0.15, 0.2) is 0 Å². The fourth-order valence-corrected chi connectivity index (χ4v) is 1.31. The van der Waals surface area contributed by atoms with Crippen molar-refractivity contribution in [1.29, 1.82) is 0 Å². The molecule has 1 aromatic carbocycles. The molecule has 0 fully saturated rings. The minimum atomic E-state index is 0.0417. The lowest BCUT2D eigenvalue weighted by Gasteiger charge is -2.10. The molecule has 3 heteroatoms. The summed E-state index contributed by atoms with van der Waals surface area (Å²) in [5.74, 6) is 0. The van der Waals surface area contributed by atoms with Crippen molar-refractivity contribution in [2.24, 2.45) is 0 Å². The van der Waals surface area contributed by atoms with Gasteiger partial charge in [0.1, 0.15) is 0 Å².